The van der Waals surface area contributed by atoms with Crippen molar-refractivity contribution in [1.82, 2.24) is 4.98 Å². The van der Waals surface area contributed by atoms with Gasteiger partial charge in [-0.05, 0) is 19.4 Å². The number of nitrogens with zero attached hydrogens (tertiary/aromatic N) is 3. The fraction of sp³-hybridized carbons (Fsp3) is 0.500. The van der Waals surface area contributed by atoms with E-state index in [2.05, 4.69) is 4.98 Å². The number of pyridine rings is 1. The van der Waals surface area contributed by atoms with E-state index in [9.17, 15) is 14.9 Å². The van der Waals surface area contributed by atoms with E-state index in [4.69, 9.17) is 4.74 Å². The summed E-state index contributed by atoms with van der Waals surface area (Å²) in [6.07, 6.45) is 2.10. The van der Waals surface area contributed by atoms with Gasteiger partial charge in [0.15, 0.2) is 0 Å². The zero-order valence-corrected chi connectivity index (χ0v) is 10.8. The van der Waals surface area contributed by atoms with Crippen molar-refractivity contribution >= 4 is 17.5 Å². The Labute approximate surface area is 110 Å². The van der Waals surface area contributed by atoms with Crippen LogP contribution in [0.1, 0.15) is 13.3 Å². The van der Waals surface area contributed by atoms with Gasteiger partial charge >= 0.3 is 11.7 Å². The molecule has 0 saturated carbocycles. The number of carbonyl (C=O) groups excluding carboxylic acids is 1. The van der Waals surface area contributed by atoms with Crippen LogP contribution in [0.25, 0.3) is 0 Å². The average Bonchev–Trinajstić information content (AvgIpc) is 2.81. The topological polar surface area (TPSA) is 85.6 Å². The molecule has 2 rings (SSSR count). The smallest absolute Gasteiger partial charge is 0.313 e. The average molecular weight is 265 g/mol. The first kappa shape index (κ1) is 13.3. The molecule has 0 spiro atoms. The second kappa shape index (κ2) is 4.83. The summed E-state index contributed by atoms with van der Waals surface area (Å²) < 4.78 is 4.78. The van der Waals surface area contributed by atoms with Crippen LogP contribution in [0.5, 0.6) is 0 Å². The molecule has 1 aliphatic rings. The molecule has 102 valence electrons. The maximum atomic E-state index is 11.7. The minimum Gasteiger partial charge on any atom is -0.469 e. The molecule has 0 radical (unpaired) electrons. The molecule has 2 heterocycles. The summed E-state index contributed by atoms with van der Waals surface area (Å²) in [7, 11) is 1.35. The Morgan fingerprint density at radius 2 is 2.37 bits per heavy atom. The monoisotopic (exact) mass is 265 g/mol. The lowest BCUT2D eigenvalue weighted by molar-refractivity contribution is -0.384. The number of hydrogen-bond acceptors (Lipinski definition) is 6. The largest absolute Gasteiger partial charge is 0.469 e. The van der Waals surface area contributed by atoms with Crippen molar-refractivity contribution in [2.45, 2.75) is 13.3 Å². The number of aromatic nitrogens is 1. The van der Waals surface area contributed by atoms with Crippen molar-refractivity contribution in [2.75, 3.05) is 25.1 Å². The second-order valence-electron chi connectivity index (χ2n) is 4.83. The van der Waals surface area contributed by atoms with Crippen LogP contribution in [0.3, 0.4) is 0 Å². The molecule has 7 nitrogen and oxygen atoms in total. The first-order chi connectivity index (χ1) is 8.98. The van der Waals surface area contributed by atoms with Gasteiger partial charge in [0.1, 0.15) is 0 Å². The maximum Gasteiger partial charge on any atom is 0.313 e. The van der Waals surface area contributed by atoms with Gasteiger partial charge in [0.25, 0.3) is 0 Å². The van der Waals surface area contributed by atoms with Crippen molar-refractivity contribution < 1.29 is 14.5 Å². The summed E-state index contributed by atoms with van der Waals surface area (Å²) in [5.74, 6) is 0.00807. The van der Waals surface area contributed by atoms with Gasteiger partial charge in [-0.2, -0.15) is 0 Å². The molecule has 1 unspecified atom stereocenters. The van der Waals surface area contributed by atoms with Crippen LogP contribution in [0.4, 0.5) is 11.5 Å². The van der Waals surface area contributed by atoms with E-state index in [0.717, 1.165) is 0 Å². The molecular weight excluding hydrogens is 250 g/mol. The lowest BCUT2D eigenvalue weighted by atomic mass is 9.90. The third-order valence-corrected chi connectivity index (χ3v) is 3.41. The minimum atomic E-state index is -0.639. The normalized spacial score (nSPS) is 22.3. The molecule has 1 fully saturated rings. The molecule has 0 aliphatic carbocycles. The molecule has 1 aliphatic heterocycles. The zero-order valence-electron chi connectivity index (χ0n) is 10.8. The summed E-state index contributed by atoms with van der Waals surface area (Å²) in [5, 5.41) is 11.0. The van der Waals surface area contributed by atoms with Crippen LogP contribution in [-0.4, -0.2) is 36.1 Å². The van der Waals surface area contributed by atoms with Gasteiger partial charge in [-0.3, -0.25) is 14.9 Å². The molecule has 1 saturated heterocycles. The second-order valence-corrected chi connectivity index (χ2v) is 4.83. The van der Waals surface area contributed by atoms with Gasteiger partial charge in [-0.1, -0.05) is 0 Å². The number of carbonyl (C=O) groups is 1. The van der Waals surface area contributed by atoms with E-state index in [1.54, 1.807) is 11.8 Å². The molecular formula is C12H15N3O4. The standard InChI is InChI=1S/C12H15N3O4/c1-12(11(16)19-2)5-7-14(8-12)10-9(15(17)18)4-3-6-13-10/h3-4,6H,5,7-8H2,1-2H3. The quantitative estimate of drug-likeness (QED) is 0.466. The van der Waals surface area contributed by atoms with E-state index in [0.29, 0.717) is 25.3 Å². The molecule has 1 aromatic heterocycles. The van der Waals surface area contributed by atoms with Crippen LogP contribution in [0, 0.1) is 15.5 Å². The van der Waals surface area contributed by atoms with Crippen molar-refractivity contribution in [3.63, 3.8) is 0 Å². The van der Waals surface area contributed by atoms with Crippen LogP contribution in [-0.2, 0) is 9.53 Å². The van der Waals surface area contributed by atoms with Crippen LogP contribution in [0.2, 0.25) is 0 Å². The summed E-state index contributed by atoms with van der Waals surface area (Å²) in [4.78, 5) is 28.1. The van der Waals surface area contributed by atoms with Gasteiger partial charge in [0, 0.05) is 25.4 Å². The highest BCUT2D eigenvalue weighted by atomic mass is 16.6. The molecule has 7 heteroatoms. The van der Waals surface area contributed by atoms with Crippen molar-refractivity contribution in [3.8, 4) is 0 Å². The first-order valence-corrected chi connectivity index (χ1v) is 5.91. The highest BCUT2D eigenvalue weighted by Gasteiger charge is 2.43. The third-order valence-electron chi connectivity index (χ3n) is 3.41. The van der Waals surface area contributed by atoms with Crippen molar-refractivity contribution in [3.05, 3.63) is 28.4 Å². The van der Waals surface area contributed by atoms with Gasteiger partial charge in [-0.25, -0.2) is 4.98 Å². The summed E-state index contributed by atoms with van der Waals surface area (Å²) in [5.41, 5.74) is -0.684. The van der Waals surface area contributed by atoms with E-state index < -0.39 is 10.3 Å². The molecule has 0 N–H and O–H groups in total. The Kier molecular flexibility index (Phi) is 3.37. The fourth-order valence-corrected chi connectivity index (χ4v) is 2.33. The van der Waals surface area contributed by atoms with Crippen molar-refractivity contribution in [2.24, 2.45) is 5.41 Å². The molecule has 1 aromatic rings. The van der Waals surface area contributed by atoms with Gasteiger partial charge in [0.05, 0.1) is 17.4 Å². The Balaban J connectivity index is 2.27. The Hall–Kier alpha value is -2.18. The van der Waals surface area contributed by atoms with Crippen LogP contribution in [0.15, 0.2) is 18.3 Å². The van der Waals surface area contributed by atoms with E-state index in [1.165, 1.54) is 25.4 Å². The fourth-order valence-electron chi connectivity index (χ4n) is 2.33. The number of methoxy groups -OCH3 is 1. The predicted molar refractivity (Wildman–Crippen MR) is 67.8 cm³/mol. The number of hydrogen-bond donors (Lipinski definition) is 0. The van der Waals surface area contributed by atoms with Gasteiger partial charge in [-0.15, -0.1) is 0 Å². The highest BCUT2D eigenvalue weighted by Crippen LogP contribution is 2.36. The van der Waals surface area contributed by atoms with E-state index >= 15 is 0 Å². The Morgan fingerprint density at radius 1 is 1.63 bits per heavy atom. The molecule has 0 amide bonds. The number of nitro groups is 1. The summed E-state index contributed by atoms with van der Waals surface area (Å²) in [6, 6.07) is 2.94. The molecule has 1 atom stereocenters. The third kappa shape index (κ3) is 2.35. The Bertz CT molecular complexity index is 519. The lowest BCUT2D eigenvalue weighted by Gasteiger charge is -2.22. The number of esters is 1. The highest BCUT2D eigenvalue weighted by molar-refractivity contribution is 5.78. The van der Waals surface area contributed by atoms with Crippen LogP contribution >= 0.6 is 0 Å². The maximum absolute atomic E-state index is 11.7. The lowest BCUT2D eigenvalue weighted by Crippen LogP contribution is -2.33. The molecule has 0 bridgehead atoms. The Morgan fingerprint density at radius 3 is 3.00 bits per heavy atom. The number of ether oxygens (including phenoxy) is 1. The number of anilines is 1. The van der Waals surface area contributed by atoms with Crippen molar-refractivity contribution in [1.29, 1.82) is 0 Å². The summed E-state index contributed by atoms with van der Waals surface area (Å²) in [6.45, 7) is 2.72. The van der Waals surface area contributed by atoms with E-state index in [-0.39, 0.29) is 11.7 Å². The van der Waals surface area contributed by atoms with Gasteiger partial charge < -0.3 is 9.64 Å². The minimum absolute atomic E-state index is 0.0448. The summed E-state index contributed by atoms with van der Waals surface area (Å²) >= 11 is 0. The van der Waals surface area contributed by atoms with Crippen LogP contribution < -0.4 is 4.90 Å². The van der Waals surface area contributed by atoms with E-state index in [1.807, 2.05) is 0 Å². The molecule has 19 heavy (non-hydrogen) atoms. The molecule has 0 aromatic carbocycles. The zero-order chi connectivity index (χ0) is 14.0. The van der Waals surface area contributed by atoms with Gasteiger partial charge in [0.2, 0.25) is 5.82 Å². The SMILES string of the molecule is COC(=O)C1(C)CCN(c2ncccc2[N+](=O)[O-])C1. The predicted octanol–water partition coefficient (Wildman–Crippen LogP) is 1.38. The number of rotatable bonds is 3. The first-order valence-electron chi connectivity index (χ1n) is 5.91.